The van der Waals surface area contributed by atoms with E-state index in [-0.39, 0.29) is 6.09 Å². The number of rotatable bonds is 4. The lowest BCUT2D eigenvalue weighted by molar-refractivity contribution is 0.0721. The fourth-order valence-electron chi connectivity index (χ4n) is 2.24. The molecule has 0 aliphatic carbocycles. The molecule has 0 radical (unpaired) electrons. The summed E-state index contributed by atoms with van der Waals surface area (Å²) in [7, 11) is 1.43. The summed E-state index contributed by atoms with van der Waals surface area (Å²) in [5, 5.41) is 0. The number of hydrogen-bond acceptors (Lipinski definition) is 4. The minimum Gasteiger partial charge on any atom is -0.453 e. The third-order valence-corrected chi connectivity index (χ3v) is 3.23. The molecule has 1 heterocycles. The highest BCUT2D eigenvalue weighted by molar-refractivity contribution is 5.67. The lowest BCUT2D eigenvalue weighted by atomic mass is 10.1. The number of amides is 1. The average molecular weight is 229 g/mol. The average Bonchev–Trinajstić information content (AvgIpc) is 2.35. The molecule has 94 valence electrons. The van der Waals surface area contributed by atoms with E-state index in [0.29, 0.717) is 6.04 Å². The highest BCUT2D eigenvalue weighted by Gasteiger charge is 2.24. The van der Waals surface area contributed by atoms with Crippen molar-refractivity contribution in [3.05, 3.63) is 0 Å². The Hall–Kier alpha value is -0.810. The number of ether oxygens (including phenoxy) is 1. The molecule has 0 spiro atoms. The minimum absolute atomic E-state index is 0.216. The Balaban J connectivity index is 2.38. The molecular weight excluding hydrogens is 206 g/mol. The van der Waals surface area contributed by atoms with Crippen molar-refractivity contribution in [1.82, 2.24) is 9.80 Å². The molecule has 0 saturated carbocycles. The molecule has 1 amide bonds. The normalized spacial score (nSPS) is 19.6. The zero-order valence-electron chi connectivity index (χ0n) is 10.3. The third-order valence-electron chi connectivity index (χ3n) is 3.23. The Labute approximate surface area is 97.5 Å². The Morgan fingerprint density at radius 3 is 2.44 bits per heavy atom. The summed E-state index contributed by atoms with van der Waals surface area (Å²) in [4.78, 5) is 15.5. The number of carbonyl (C=O) groups is 1. The third kappa shape index (κ3) is 3.35. The van der Waals surface area contributed by atoms with E-state index in [2.05, 4.69) is 11.8 Å². The first-order chi connectivity index (χ1) is 7.72. The first kappa shape index (κ1) is 13.3. The van der Waals surface area contributed by atoms with E-state index >= 15 is 0 Å². The molecule has 5 nitrogen and oxygen atoms in total. The van der Waals surface area contributed by atoms with Crippen molar-refractivity contribution in [3.63, 3.8) is 0 Å². The summed E-state index contributed by atoms with van der Waals surface area (Å²) < 4.78 is 4.71. The predicted molar refractivity (Wildman–Crippen MR) is 63.3 cm³/mol. The van der Waals surface area contributed by atoms with Crippen LogP contribution in [0.1, 0.15) is 19.8 Å². The van der Waals surface area contributed by atoms with Crippen LogP contribution in [0.5, 0.6) is 0 Å². The van der Waals surface area contributed by atoms with Crippen LogP contribution in [0.3, 0.4) is 0 Å². The molecule has 1 aliphatic rings. The molecule has 0 bridgehead atoms. The van der Waals surface area contributed by atoms with Gasteiger partial charge in [0.2, 0.25) is 0 Å². The van der Waals surface area contributed by atoms with Gasteiger partial charge in [-0.05, 0) is 19.4 Å². The van der Waals surface area contributed by atoms with E-state index in [9.17, 15) is 4.79 Å². The maximum Gasteiger partial charge on any atom is 0.409 e. The fourth-order valence-corrected chi connectivity index (χ4v) is 2.24. The SMILES string of the molecule is CCC(CCN)N1CCN(C(=O)OC)CC1. The molecule has 1 unspecified atom stereocenters. The molecule has 1 fully saturated rings. The van der Waals surface area contributed by atoms with Gasteiger partial charge in [0.25, 0.3) is 0 Å². The number of hydrogen-bond donors (Lipinski definition) is 1. The summed E-state index contributed by atoms with van der Waals surface area (Å²) in [6.45, 7) is 6.28. The van der Waals surface area contributed by atoms with Gasteiger partial charge in [0.15, 0.2) is 0 Å². The highest BCUT2D eigenvalue weighted by atomic mass is 16.5. The van der Waals surface area contributed by atoms with E-state index in [1.165, 1.54) is 7.11 Å². The van der Waals surface area contributed by atoms with Gasteiger partial charge in [0.05, 0.1) is 7.11 Å². The van der Waals surface area contributed by atoms with Gasteiger partial charge in [-0.1, -0.05) is 6.92 Å². The molecular formula is C11H23N3O2. The number of piperazine rings is 1. The number of nitrogens with zero attached hydrogens (tertiary/aromatic N) is 2. The highest BCUT2D eigenvalue weighted by Crippen LogP contribution is 2.12. The van der Waals surface area contributed by atoms with Crippen molar-refractivity contribution < 1.29 is 9.53 Å². The fraction of sp³-hybridized carbons (Fsp3) is 0.909. The van der Waals surface area contributed by atoms with Gasteiger partial charge in [0, 0.05) is 32.2 Å². The van der Waals surface area contributed by atoms with Crippen LogP contribution >= 0.6 is 0 Å². The minimum atomic E-state index is -0.216. The van der Waals surface area contributed by atoms with E-state index < -0.39 is 0 Å². The summed E-state index contributed by atoms with van der Waals surface area (Å²) in [6, 6.07) is 0.560. The van der Waals surface area contributed by atoms with Crippen LogP contribution in [-0.4, -0.2) is 61.8 Å². The molecule has 1 rings (SSSR count). The zero-order valence-corrected chi connectivity index (χ0v) is 10.3. The monoisotopic (exact) mass is 229 g/mol. The standard InChI is InChI=1S/C11H23N3O2/c1-3-10(4-5-12)13-6-8-14(9-7-13)11(15)16-2/h10H,3-9,12H2,1-2H3. The summed E-state index contributed by atoms with van der Waals surface area (Å²) in [6.07, 6.45) is 1.94. The second-order valence-electron chi connectivity index (χ2n) is 4.13. The van der Waals surface area contributed by atoms with Crippen LogP contribution < -0.4 is 5.73 Å². The van der Waals surface area contributed by atoms with Crippen LogP contribution in [0.4, 0.5) is 4.79 Å². The second kappa shape index (κ2) is 6.70. The smallest absolute Gasteiger partial charge is 0.409 e. The van der Waals surface area contributed by atoms with Crippen molar-refractivity contribution in [3.8, 4) is 0 Å². The topological polar surface area (TPSA) is 58.8 Å². The quantitative estimate of drug-likeness (QED) is 0.762. The molecule has 1 saturated heterocycles. The number of carbonyl (C=O) groups excluding carboxylic acids is 1. The van der Waals surface area contributed by atoms with E-state index in [0.717, 1.165) is 45.6 Å². The Bertz CT molecular complexity index is 215. The van der Waals surface area contributed by atoms with Gasteiger partial charge in [-0.3, -0.25) is 4.90 Å². The van der Waals surface area contributed by atoms with Gasteiger partial charge in [-0.15, -0.1) is 0 Å². The Kier molecular flexibility index (Phi) is 5.55. The van der Waals surface area contributed by atoms with Crippen molar-refractivity contribution in [2.75, 3.05) is 39.8 Å². The van der Waals surface area contributed by atoms with E-state index in [1.54, 1.807) is 4.90 Å². The molecule has 16 heavy (non-hydrogen) atoms. The van der Waals surface area contributed by atoms with Crippen LogP contribution in [0, 0.1) is 0 Å². The first-order valence-electron chi connectivity index (χ1n) is 6.00. The van der Waals surface area contributed by atoms with Gasteiger partial charge in [0.1, 0.15) is 0 Å². The predicted octanol–water partition coefficient (Wildman–Crippen LogP) is 0.498. The molecule has 0 aromatic rings. The maximum atomic E-state index is 11.3. The number of nitrogens with two attached hydrogens (primary N) is 1. The van der Waals surface area contributed by atoms with Gasteiger partial charge >= 0.3 is 6.09 Å². The van der Waals surface area contributed by atoms with Crippen LogP contribution in [-0.2, 0) is 4.74 Å². The second-order valence-corrected chi connectivity index (χ2v) is 4.13. The number of methoxy groups -OCH3 is 1. The van der Waals surface area contributed by atoms with Gasteiger partial charge in [-0.2, -0.15) is 0 Å². The summed E-state index contributed by atoms with van der Waals surface area (Å²) in [5.74, 6) is 0. The molecule has 0 aromatic carbocycles. The molecule has 0 aromatic heterocycles. The molecule has 5 heteroatoms. The van der Waals surface area contributed by atoms with Crippen molar-refractivity contribution in [2.24, 2.45) is 5.73 Å². The van der Waals surface area contributed by atoms with Crippen molar-refractivity contribution >= 4 is 6.09 Å². The molecule has 1 atom stereocenters. The van der Waals surface area contributed by atoms with Crippen molar-refractivity contribution in [2.45, 2.75) is 25.8 Å². The molecule has 1 aliphatic heterocycles. The summed E-state index contributed by atoms with van der Waals surface area (Å²) >= 11 is 0. The van der Waals surface area contributed by atoms with E-state index in [4.69, 9.17) is 10.5 Å². The Morgan fingerprint density at radius 2 is 2.00 bits per heavy atom. The largest absolute Gasteiger partial charge is 0.453 e. The van der Waals surface area contributed by atoms with Crippen LogP contribution in [0.2, 0.25) is 0 Å². The summed E-state index contributed by atoms with van der Waals surface area (Å²) in [5.41, 5.74) is 5.60. The van der Waals surface area contributed by atoms with Gasteiger partial charge < -0.3 is 15.4 Å². The maximum absolute atomic E-state index is 11.3. The zero-order chi connectivity index (χ0) is 12.0. The molecule has 2 N–H and O–H groups in total. The van der Waals surface area contributed by atoms with Crippen molar-refractivity contribution in [1.29, 1.82) is 0 Å². The lowest BCUT2D eigenvalue weighted by Gasteiger charge is -2.38. The van der Waals surface area contributed by atoms with Crippen LogP contribution in [0.25, 0.3) is 0 Å². The van der Waals surface area contributed by atoms with Gasteiger partial charge in [-0.25, -0.2) is 4.79 Å². The lowest BCUT2D eigenvalue weighted by Crippen LogP contribution is -2.52. The van der Waals surface area contributed by atoms with E-state index in [1.807, 2.05) is 0 Å². The van der Waals surface area contributed by atoms with Crippen LogP contribution in [0.15, 0.2) is 0 Å². The first-order valence-corrected chi connectivity index (χ1v) is 6.00. The Morgan fingerprint density at radius 1 is 1.38 bits per heavy atom.